The van der Waals surface area contributed by atoms with Gasteiger partial charge in [-0.25, -0.2) is 0 Å². The smallest absolute Gasteiger partial charge is 0.125 e. The number of dihydropyridines is 1. The van der Waals surface area contributed by atoms with Gasteiger partial charge in [-0.15, -0.1) is 0 Å². The van der Waals surface area contributed by atoms with Gasteiger partial charge in [0, 0.05) is 29.7 Å². The van der Waals surface area contributed by atoms with Crippen LogP contribution < -0.4 is 11.1 Å². The van der Waals surface area contributed by atoms with Crippen molar-refractivity contribution in [1.29, 1.82) is 0 Å². The average molecular weight is 203 g/mol. The number of nitrogens with zero attached hydrogens (tertiary/aromatic N) is 1. The van der Waals surface area contributed by atoms with Crippen LogP contribution in [0.4, 0.5) is 0 Å². The number of methoxy groups -OCH3 is 1. The quantitative estimate of drug-likeness (QED) is 0.747. The molecule has 2 rings (SSSR count). The van der Waals surface area contributed by atoms with Crippen molar-refractivity contribution in [2.75, 3.05) is 13.7 Å². The van der Waals surface area contributed by atoms with Crippen molar-refractivity contribution in [3.63, 3.8) is 0 Å². The number of nitrogens with two attached hydrogens (primary N) is 1. The summed E-state index contributed by atoms with van der Waals surface area (Å²) in [5.41, 5.74) is 8.48. The van der Waals surface area contributed by atoms with Crippen LogP contribution in [0.15, 0.2) is 42.2 Å². The minimum absolute atomic E-state index is 0.654. The average Bonchev–Trinajstić information content (AvgIpc) is 2.29. The molecule has 0 aromatic carbocycles. The number of nitrogens with one attached hydrogen (secondary N) is 1. The summed E-state index contributed by atoms with van der Waals surface area (Å²) in [5.74, 6) is 0.836. The topological polar surface area (TPSA) is 60.2 Å². The summed E-state index contributed by atoms with van der Waals surface area (Å²) in [6.45, 7) is 0.654. The fraction of sp³-hybridized carbons (Fsp3) is 0.182. The third-order valence-corrected chi connectivity index (χ3v) is 2.28. The lowest BCUT2D eigenvalue weighted by atomic mass is 10.0. The first-order valence-electron chi connectivity index (χ1n) is 4.70. The first-order chi connectivity index (χ1) is 7.33. The van der Waals surface area contributed by atoms with Crippen LogP contribution >= 0.6 is 0 Å². The van der Waals surface area contributed by atoms with Crippen LogP contribution in [0, 0.1) is 0 Å². The van der Waals surface area contributed by atoms with Crippen molar-refractivity contribution < 1.29 is 4.74 Å². The summed E-state index contributed by atoms with van der Waals surface area (Å²) in [4.78, 5) is 4.07. The second-order valence-electron chi connectivity index (χ2n) is 3.22. The molecule has 1 aromatic rings. The highest BCUT2D eigenvalue weighted by Gasteiger charge is 2.16. The predicted octanol–water partition coefficient (Wildman–Crippen LogP) is 0.842. The summed E-state index contributed by atoms with van der Waals surface area (Å²) >= 11 is 0. The Balaban J connectivity index is 2.49. The molecule has 4 nitrogen and oxygen atoms in total. The standard InChI is InChI=1S/C11H13N3O/c1-15-10-7-14-6-9(12)11(10)8-3-2-4-13-5-8/h2-6,14H,7,12H2,1H3. The van der Waals surface area contributed by atoms with Crippen LogP contribution in [0.5, 0.6) is 0 Å². The van der Waals surface area contributed by atoms with Crippen molar-refractivity contribution in [3.8, 4) is 0 Å². The molecule has 0 saturated heterocycles. The van der Waals surface area contributed by atoms with E-state index in [4.69, 9.17) is 10.5 Å². The van der Waals surface area contributed by atoms with Gasteiger partial charge >= 0.3 is 0 Å². The van der Waals surface area contributed by atoms with Crippen LogP contribution in [0.3, 0.4) is 0 Å². The van der Waals surface area contributed by atoms with Crippen molar-refractivity contribution >= 4 is 5.57 Å². The van der Waals surface area contributed by atoms with E-state index in [1.165, 1.54) is 0 Å². The van der Waals surface area contributed by atoms with Gasteiger partial charge in [-0.2, -0.15) is 0 Å². The Morgan fingerprint density at radius 2 is 2.40 bits per heavy atom. The lowest BCUT2D eigenvalue weighted by Gasteiger charge is -2.19. The second kappa shape index (κ2) is 4.04. The Bertz CT molecular complexity index is 409. The van der Waals surface area contributed by atoms with E-state index in [1.807, 2.05) is 12.1 Å². The highest BCUT2D eigenvalue weighted by molar-refractivity contribution is 5.80. The third kappa shape index (κ3) is 1.79. The molecule has 2 heterocycles. The molecule has 0 radical (unpaired) electrons. The number of rotatable bonds is 2. The molecule has 0 spiro atoms. The van der Waals surface area contributed by atoms with Crippen LogP contribution in [-0.4, -0.2) is 18.6 Å². The molecule has 1 aliphatic rings. The Hall–Kier alpha value is -1.97. The number of aromatic nitrogens is 1. The van der Waals surface area contributed by atoms with Crippen LogP contribution in [0.2, 0.25) is 0 Å². The summed E-state index contributed by atoms with van der Waals surface area (Å²) in [7, 11) is 1.64. The Labute approximate surface area is 88.5 Å². The summed E-state index contributed by atoms with van der Waals surface area (Å²) in [6.07, 6.45) is 5.29. The molecule has 0 amide bonds. The summed E-state index contributed by atoms with van der Waals surface area (Å²) in [5, 5.41) is 3.04. The zero-order valence-corrected chi connectivity index (χ0v) is 8.53. The van der Waals surface area contributed by atoms with E-state index in [2.05, 4.69) is 10.3 Å². The van der Waals surface area contributed by atoms with Gasteiger partial charge in [0.2, 0.25) is 0 Å². The number of allylic oxidation sites excluding steroid dienone is 1. The Kier molecular flexibility index (Phi) is 2.58. The zero-order chi connectivity index (χ0) is 10.7. The van der Waals surface area contributed by atoms with Crippen LogP contribution in [0.1, 0.15) is 5.56 Å². The summed E-state index contributed by atoms with van der Waals surface area (Å²) < 4.78 is 5.30. The fourth-order valence-corrected chi connectivity index (χ4v) is 1.59. The maximum absolute atomic E-state index is 5.91. The van der Waals surface area contributed by atoms with Crippen molar-refractivity contribution in [2.45, 2.75) is 0 Å². The first-order valence-corrected chi connectivity index (χ1v) is 4.70. The number of hydrogen-bond acceptors (Lipinski definition) is 4. The van der Waals surface area contributed by atoms with E-state index in [0.29, 0.717) is 12.2 Å². The van der Waals surface area contributed by atoms with E-state index >= 15 is 0 Å². The van der Waals surface area contributed by atoms with E-state index in [1.54, 1.807) is 25.7 Å². The largest absolute Gasteiger partial charge is 0.498 e. The van der Waals surface area contributed by atoms with E-state index in [0.717, 1.165) is 16.9 Å². The van der Waals surface area contributed by atoms with E-state index in [9.17, 15) is 0 Å². The van der Waals surface area contributed by atoms with Crippen molar-refractivity contribution in [3.05, 3.63) is 47.7 Å². The molecule has 0 saturated carbocycles. The number of ether oxygens (including phenoxy) is 1. The van der Waals surface area contributed by atoms with E-state index < -0.39 is 0 Å². The molecular weight excluding hydrogens is 190 g/mol. The predicted molar refractivity (Wildman–Crippen MR) is 58.4 cm³/mol. The Morgan fingerprint density at radius 1 is 1.53 bits per heavy atom. The van der Waals surface area contributed by atoms with Gasteiger partial charge in [-0.1, -0.05) is 6.07 Å². The van der Waals surface area contributed by atoms with Gasteiger partial charge < -0.3 is 15.8 Å². The lowest BCUT2D eigenvalue weighted by molar-refractivity contribution is 0.283. The maximum atomic E-state index is 5.91. The molecule has 3 N–H and O–H groups in total. The lowest BCUT2D eigenvalue weighted by Crippen LogP contribution is -2.22. The second-order valence-corrected chi connectivity index (χ2v) is 3.22. The molecule has 0 atom stereocenters. The molecule has 1 aliphatic heterocycles. The van der Waals surface area contributed by atoms with E-state index in [-0.39, 0.29) is 0 Å². The Morgan fingerprint density at radius 3 is 3.07 bits per heavy atom. The van der Waals surface area contributed by atoms with Gasteiger partial charge in [0.1, 0.15) is 5.76 Å². The van der Waals surface area contributed by atoms with Crippen LogP contribution in [0.25, 0.3) is 5.57 Å². The molecule has 0 fully saturated rings. The fourth-order valence-electron chi connectivity index (χ4n) is 1.59. The monoisotopic (exact) mass is 203 g/mol. The molecule has 15 heavy (non-hydrogen) atoms. The van der Waals surface area contributed by atoms with Gasteiger partial charge in [-0.3, -0.25) is 4.98 Å². The highest BCUT2D eigenvalue weighted by atomic mass is 16.5. The minimum Gasteiger partial charge on any atom is -0.498 e. The van der Waals surface area contributed by atoms with Gasteiger partial charge in [0.25, 0.3) is 0 Å². The zero-order valence-electron chi connectivity index (χ0n) is 8.53. The molecule has 0 bridgehead atoms. The molecule has 78 valence electrons. The number of hydrogen-bond donors (Lipinski definition) is 2. The van der Waals surface area contributed by atoms with Gasteiger partial charge in [0.05, 0.1) is 19.4 Å². The third-order valence-electron chi connectivity index (χ3n) is 2.28. The van der Waals surface area contributed by atoms with Gasteiger partial charge in [-0.05, 0) is 6.07 Å². The SMILES string of the molecule is COC1=C(c2cccnc2)C(N)=CNC1. The molecule has 0 aliphatic carbocycles. The van der Waals surface area contributed by atoms with Gasteiger partial charge in [0.15, 0.2) is 0 Å². The van der Waals surface area contributed by atoms with Crippen LogP contribution in [-0.2, 0) is 4.74 Å². The van der Waals surface area contributed by atoms with Crippen molar-refractivity contribution in [1.82, 2.24) is 10.3 Å². The molecule has 0 unspecified atom stereocenters. The maximum Gasteiger partial charge on any atom is 0.125 e. The highest BCUT2D eigenvalue weighted by Crippen LogP contribution is 2.25. The number of pyridine rings is 1. The first kappa shape index (κ1) is 9.58. The van der Waals surface area contributed by atoms with Crippen molar-refractivity contribution in [2.24, 2.45) is 5.73 Å². The summed E-state index contributed by atoms with van der Waals surface area (Å²) in [6, 6.07) is 3.85. The molecule has 1 aromatic heterocycles. The normalized spacial score (nSPS) is 15.7. The minimum atomic E-state index is 0.654. The molecule has 4 heteroatoms. The molecular formula is C11H13N3O.